The van der Waals surface area contributed by atoms with Crippen LogP contribution in [0.15, 0.2) is 47.2 Å². The molecule has 3 aromatic rings. The van der Waals surface area contributed by atoms with E-state index in [1.165, 1.54) is 29.3 Å². The summed E-state index contributed by atoms with van der Waals surface area (Å²) < 4.78 is 25.0. The zero-order valence-corrected chi connectivity index (χ0v) is 18.7. The Bertz CT molecular complexity index is 1090. The minimum Gasteiger partial charge on any atom is -0.496 e. The minimum atomic E-state index is -0.400. The van der Waals surface area contributed by atoms with Crippen molar-refractivity contribution in [2.24, 2.45) is 0 Å². The summed E-state index contributed by atoms with van der Waals surface area (Å²) in [5.41, 5.74) is 2.84. The standard InChI is InChI=1S/C22H21BrFN3O3/c1-13-11-26-18(14(2)20(13)29-4)12-27(3)22(28)16-6-5-9-25-21(16)30-19-8-7-15(24)10-17(19)23/h5-11H,12H2,1-4H3. The first-order valence-corrected chi connectivity index (χ1v) is 9.93. The number of aryl methyl sites for hydroxylation is 1. The summed E-state index contributed by atoms with van der Waals surface area (Å²) in [7, 11) is 3.29. The molecule has 0 aliphatic carbocycles. The molecule has 2 heterocycles. The number of ether oxygens (including phenoxy) is 2. The first-order chi connectivity index (χ1) is 14.3. The van der Waals surface area contributed by atoms with Gasteiger partial charge < -0.3 is 14.4 Å². The first-order valence-electron chi connectivity index (χ1n) is 9.14. The van der Waals surface area contributed by atoms with Gasteiger partial charge in [0.1, 0.15) is 22.9 Å². The first kappa shape index (κ1) is 21.7. The van der Waals surface area contributed by atoms with Crippen LogP contribution in [0.25, 0.3) is 0 Å². The molecule has 0 unspecified atom stereocenters. The SMILES string of the molecule is COc1c(C)cnc(CN(C)C(=O)c2cccnc2Oc2ccc(F)cc2Br)c1C. The van der Waals surface area contributed by atoms with Crippen molar-refractivity contribution in [3.63, 3.8) is 0 Å². The Labute approximate surface area is 182 Å². The molecule has 0 spiro atoms. The fourth-order valence-electron chi connectivity index (χ4n) is 3.03. The van der Waals surface area contributed by atoms with Gasteiger partial charge in [0.05, 0.1) is 23.8 Å². The van der Waals surface area contributed by atoms with E-state index in [0.29, 0.717) is 10.2 Å². The number of amides is 1. The van der Waals surface area contributed by atoms with Crippen LogP contribution in [0, 0.1) is 19.7 Å². The largest absolute Gasteiger partial charge is 0.496 e. The average molecular weight is 474 g/mol. The topological polar surface area (TPSA) is 64.5 Å². The van der Waals surface area contributed by atoms with Gasteiger partial charge in [0, 0.05) is 30.6 Å². The molecular formula is C22H21BrFN3O3. The van der Waals surface area contributed by atoms with E-state index in [1.807, 2.05) is 13.8 Å². The van der Waals surface area contributed by atoms with Gasteiger partial charge in [0.15, 0.2) is 0 Å². The van der Waals surface area contributed by atoms with Gasteiger partial charge in [-0.3, -0.25) is 9.78 Å². The minimum absolute atomic E-state index is 0.132. The monoisotopic (exact) mass is 473 g/mol. The fraction of sp³-hybridized carbons (Fsp3) is 0.227. The van der Waals surface area contributed by atoms with Crippen molar-refractivity contribution in [3.05, 3.63) is 75.4 Å². The Morgan fingerprint density at radius 2 is 2.00 bits per heavy atom. The van der Waals surface area contributed by atoms with Crippen molar-refractivity contribution < 1.29 is 18.7 Å². The molecule has 0 saturated heterocycles. The molecule has 30 heavy (non-hydrogen) atoms. The van der Waals surface area contributed by atoms with Crippen LogP contribution < -0.4 is 9.47 Å². The number of rotatable bonds is 6. The summed E-state index contributed by atoms with van der Waals surface area (Å²) in [6, 6.07) is 7.32. The van der Waals surface area contributed by atoms with E-state index in [4.69, 9.17) is 9.47 Å². The number of nitrogens with zero attached hydrogens (tertiary/aromatic N) is 3. The Balaban J connectivity index is 1.85. The van der Waals surface area contributed by atoms with E-state index in [0.717, 1.165) is 22.6 Å². The summed E-state index contributed by atoms with van der Waals surface area (Å²) in [5, 5.41) is 0. The maximum atomic E-state index is 13.3. The molecule has 6 nitrogen and oxygen atoms in total. The molecule has 3 rings (SSSR count). The van der Waals surface area contributed by atoms with Crippen LogP contribution in [0.2, 0.25) is 0 Å². The Morgan fingerprint density at radius 1 is 1.23 bits per heavy atom. The zero-order chi connectivity index (χ0) is 21.8. The number of methoxy groups -OCH3 is 1. The average Bonchev–Trinajstić information content (AvgIpc) is 2.72. The molecule has 0 saturated carbocycles. The van der Waals surface area contributed by atoms with Crippen LogP contribution in [-0.2, 0) is 6.54 Å². The normalized spacial score (nSPS) is 10.6. The molecule has 0 atom stereocenters. The van der Waals surface area contributed by atoms with Crippen molar-refractivity contribution in [3.8, 4) is 17.4 Å². The molecule has 0 bridgehead atoms. The molecule has 1 aromatic carbocycles. The summed E-state index contributed by atoms with van der Waals surface area (Å²) in [6.45, 7) is 4.12. The second kappa shape index (κ2) is 9.21. The third-order valence-corrected chi connectivity index (χ3v) is 5.21. The van der Waals surface area contributed by atoms with Crippen molar-refractivity contribution in [1.29, 1.82) is 0 Å². The van der Waals surface area contributed by atoms with E-state index in [2.05, 4.69) is 25.9 Å². The maximum absolute atomic E-state index is 13.3. The van der Waals surface area contributed by atoms with Gasteiger partial charge in [-0.15, -0.1) is 0 Å². The van der Waals surface area contributed by atoms with Crippen LogP contribution in [0.1, 0.15) is 27.2 Å². The van der Waals surface area contributed by atoms with Gasteiger partial charge in [0.25, 0.3) is 5.91 Å². The molecule has 0 aliphatic rings. The Kier molecular flexibility index (Phi) is 6.66. The Hall–Kier alpha value is -3.00. The quantitative estimate of drug-likeness (QED) is 0.500. The molecule has 0 fully saturated rings. The van der Waals surface area contributed by atoms with E-state index >= 15 is 0 Å². The van der Waals surface area contributed by atoms with E-state index in [9.17, 15) is 9.18 Å². The summed E-state index contributed by atoms with van der Waals surface area (Å²) in [6.07, 6.45) is 3.25. The van der Waals surface area contributed by atoms with Gasteiger partial charge in [-0.05, 0) is 60.1 Å². The lowest BCUT2D eigenvalue weighted by atomic mass is 10.1. The number of aromatic nitrogens is 2. The van der Waals surface area contributed by atoms with Gasteiger partial charge >= 0.3 is 0 Å². The van der Waals surface area contributed by atoms with E-state index in [-0.39, 0.29) is 23.9 Å². The summed E-state index contributed by atoms with van der Waals surface area (Å²) >= 11 is 3.26. The third kappa shape index (κ3) is 4.59. The highest BCUT2D eigenvalue weighted by Gasteiger charge is 2.21. The molecule has 0 N–H and O–H groups in total. The van der Waals surface area contributed by atoms with E-state index in [1.54, 1.807) is 32.5 Å². The second-order valence-corrected chi connectivity index (χ2v) is 7.59. The van der Waals surface area contributed by atoms with Crippen molar-refractivity contribution in [2.45, 2.75) is 20.4 Å². The number of benzene rings is 1. The zero-order valence-electron chi connectivity index (χ0n) is 17.1. The van der Waals surface area contributed by atoms with Gasteiger partial charge in [-0.25, -0.2) is 9.37 Å². The van der Waals surface area contributed by atoms with Gasteiger partial charge in [-0.2, -0.15) is 0 Å². The molecule has 0 aliphatic heterocycles. The number of carbonyl (C=O) groups is 1. The molecular weight excluding hydrogens is 453 g/mol. The predicted octanol–water partition coefficient (Wildman–Crippen LogP) is 5.07. The Morgan fingerprint density at radius 3 is 2.70 bits per heavy atom. The van der Waals surface area contributed by atoms with Crippen LogP contribution >= 0.6 is 15.9 Å². The van der Waals surface area contributed by atoms with Crippen LogP contribution in [0.4, 0.5) is 4.39 Å². The molecule has 1 amide bonds. The highest BCUT2D eigenvalue weighted by atomic mass is 79.9. The van der Waals surface area contributed by atoms with Crippen molar-refractivity contribution in [2.75, 3.05) is 14.2 Å². The molecule has 2 aromatic heterocycles. The highest BCUT2D eigenvalue weighted by Crippen LogP contribution is 2.31. The van der Waals surface area contributed by atoms with Gasteiger partial charge in [0.2, 0.25) is 5.88 Å². The fourth-order valence-corrected chi connectivity index (χ4v) is 3.46. The second-order valence-electron chi connectivity index (χ2n) is 6.74. The van der Waals surface area contributed by atoms with Crippen molar-refractivity contribution in [1.82, 2.24) is 14.9 Å². The lowest BCUT2D eigenvalue weighted by Gasteiger charge is -2.20. The number of hydrogen-bond acceptors (Lipinski definition) is 5. The molecule has 0 radical (unpaired) electrons. The van der Waals surface area contributed by atoms with Crippen LogP contribution in [0.5, 0.6) is 17.4 Å². The highest BCUT2D eigenvalue weighted by molar-refractivity contribution is 9.10. The number of pyridine rings is 2. The van der Waals surface area contributed by atoms with Crippen LogP contribution in [0.3, 0.4) is 0 Å². The lowest BCUT2D eigenvalue weighted by Crippen LogP contribution is -2.27. The van der Waals surface area contributed by atoms with Crippen LogP contribution in [-0.4, -0.2) is 34.9 Å². The smallest absolute Gasteiger partial charge is 0.259 e. The number of carbonyl (C=O) groups excluding carboxylic acids is 1. The van der Waals surface area contributed by atoms with Crippen molar-refractivity contribution >= 4 is 21.8 Å². The summed E-state index contributed by atoms with van der Waals surface area (Å²) in [5.74, 6) is 0.563. The van der Waals surface area contributed by atoms with E-state index < -0.39 is 5.82 Å². The number of halogens is 2. The predicted molar refractivity (Wildman–Crippen MR) is 114 cm³/mol. The van der Waals surface area contributed by atoms with Gasteiger partial charge in [-0.1, -0.05) is 0 Å². The number of hydrogen-bond donors (Lipinski definition) is 0. The maximum Gasteiger partial charge on any atom is 0.259 e. The molecule has 156 valence electrons. The molecule has 8 heteroatoms. The lowest BCUT2D eigenvalue weighted by molar-refractivity contribution is 0.0779. The third-order valence-electron chi connectivity index (χ3n) is 4.59. The summed E-state index contributed by atoms with van der Waals surface area (Å²) in [4.78, 5) is 23.3.